The highest BCUT2D eigenvalue weighted by Gasteiger charge is 2.54. The molecule has 124 valence electrons. The zero-order valence-corrected chi connectivity index (χ0v) is 15.0. The van der Waals surface area contributed by atoms with Crippen LogP contribution in [-0.2, 0) is 10.8 Å². The minimum Gasteiger partial charge on any atom is -0.392 e. The molecule has 0 unspecified atom stereocenters. The quantitative estimate of drug-likeness (QED) is 0.682. The predicted octanol–water partition coefficient (Wildman–Crippen LogP) is 4.46. The van der Waals surface area contributed by atoms with Gasteiger partial charge in [0.25, 0.3) is 0 Å². The maximum atomic E-state index is 12.4. The van der Waals surface area contributed by atoms with Crippen molar-refractivity contribution in [1.82, 2.24) is 0 Å². The van der Waals surface area contributed by atoms with Gasteiger partial charge in [-0.1, -0.05) is 57.2 Å². The Hall–Kier alpha value is -0.670. The summed E-state index contributed by atoms with van der Waals surface area (Å²) < 4.78 is 12.4. The number of hydrogen-bond donors (Lipinski definition) is 1. The van der Waals surface area contributed by atoms with Crippen molar-refractivity contribution in [3.05, 3.63) is 29.8 Å². The molecule has 2 rings (SSSR count). The SMILES string of the molecule is CCCCCC[C@@H]1C[C@@]1(C)[C@H](O)C[S@](=O)c1ccc(C)cc1. The van der Waals surface area contributed by atoms with Crippen molar-refractivity contribution >= 4 is 10.8 Å². The van der Waals surface area contributed by atoms with E-state index in [0.717, 1.165) is 11.3 Å². The first-order chi connectivity index (χ1) is 10.5. The Kier molecular flexibility index (Phi) is 6.22. The average molecular weight is 323 g/mol. The average Bonchev–Trinajstić information content (AvgIpc) is 3.16. The highest BCUT2D eigenvalue weighted by atomic mass is 32.2. The Bertz CT molecular complexity index is 497. The molecule has 0 bridgehead atoms. The summed E-state index contributed by atoms with van der Waals surface area (Å²) in [6.07, 6.45) is 6.99. The monoisotopic (exact) mass is 322 g/mol. The van der Waals surface area contributed by atoms with Crippen LogP contribution in [0, 0.1) is 18.3 Å². The molecule has 0 saturated heterocycles. The van der Waals surface area contributed by atoms with E-state index >= 15 is 0 Å². The minimum absolute atomic E-state index is 0.00737. The van der Waals surface area contributed by atoms with E-state index in [0.29, 0.717) is 11.7 Å². The number of unbranched alkanes of at least 4 members (excludes halogenated alkanes) is 3. The molecule has 0 heterocycles. The van der Waals surface area contributed by atoms with Gasteiger partial charge in [0.1, 0.15) is 0 Å². The molecule has 1 aliphatic rings. The lowest BCUT2D eigenvalue weighted by molar-refractivity contribution is 0.113. The maximum Gasteiger partial charge on any atom is 0.0715 e. The summed E-state index contributed by atoms with van der Waals surface area (Å²) in [5.41, 5.74) is 1.16. The normalized spacial score (nSPS) is 26.6. The molecule has 4 atom stereocenters. The lowest BCUT2D eigenvalue weighted by Crippen LogP contribution is -2.27. The summed E-state index contributed by atoms with van der Waals surface area (Å²) in [5.74, 6) is 0.986. The van der Waals surface area contributed by atoms with Crippen LogP contribution in [0.4, 0.5) is 0 Å². The van der Waals surface area contributed by atoms with Crippen LogP contribution in [0.25, 0.3) is 0 Å². The molecule has 3 heteroatoms. The molecule has 0 spiro atoms. The number of aliphatic hydroxyl groups excluding tert-OH is 1. The minimum atomic E-state index is -1.10. The number of aryl methyl sites for hydroxylation is 1. The van der Waals surface area contributed by atoms with Gasteiger partial charge in [0.2, 0.25) is 0 Å². The molecular weight excluding hydrogens is 292 g/mol. The largest absolute Gasteiger partial charge is 0.392 e. The topological polar surface area (TPSA) is 37.3 Å². The summed E-state index contributed by atoms with van der Waals surface area (Å²) in [5, 5.41) is 10.5. The molecule has 1 aromatic rings. The van der Waals surface area contributed by atoms with Gasteiger partial charge in [0, 0.05) is 4.90 Å². The van der Waals surface area contributed by atoms with Crippen molar-refractivity contribution < 1.29 is 9.32 Å². The third-order valence-corrected chi connectivity index (χ3v) is 6.64. The second kappa shape index (κ2) is 7.74. The van der Waals surface area contributed by atoms with Crippen LogP contribution in [0.3, 0.4) is 0 Å². The molecule has 1 fully saturated rings. The fourth-order valence-electron chi connectivity index (χ4n) is 3.25. The highest BCUT2D eigenvalue weighted by molar-refractivity contribution is 7.85. The van der Waals surface area contributed by atoms with Gasteiger partial charge in [-0.3, -0.25) is 4.21 Å². The van der Waals surface area contributed by atoms with E-state index in [4.69, 9.17) is 0 Å². The zero-order chi connectivity index (χ0) is 16.2. The standard InChI is InChI=1S/C19H30O2S/c1-4-5-6-7-8-16-13-19(16,3)18(20)14-22(21)17-11-9-15(2)10-12-17/h9-12,16,18,20H,4-8,13-14H2,1-3H3/t16-,18-,19-,22+/m1/s1. The van der Waals surface area contributed by atoms with Crippen molar-refractivity contribution in [1.29, 1.82) is 0 Å². The highest BCUT2D eigenvalue weighted by Crippen LogP contribution is 2.57. The molecule has 2 nitrogen and oxygen atoms in total. The van der Waals surface area contributed by atoms with E-state index in [2.05, 4.69) is 13.8 Å². The van der Waals surface area contributed by atoms with Crippen LogP contribution in [-0.4, -0.2) is 21.2 Å². The van der Waals surface area contributed by atoms with Crippen LogP contribution < -0.4 is 0 Å². The van der Waals surface area contributed by atoms with Gasteiger partial charge in [0.05, 0.1) is 22.7 Å². The summed E-state index contributed by atoms with van der Waals surface area (Å²) in [6.45, 7) is 6.41. The molecule has 0 aromatic heterocycles. The van der Waals surface area contributed by atoms with Crippen molar-refractivity contribution in [3.63, 3.8) is 0 Å². The Morgan fingerprint density at radius 2 is 1.95 bits per heavy atom. The van der Waals surface area contributed by atoms with Crippen LogP contribution >= 0.6 is 0 Å². The van der Waals surface area contributed by atoms with Gasteiger partial charge in [0.15, 0.2) is 0 Å². The Labute approximate surface area is 137 Å². The lowest BCUT2D eigenvalue weighted by atomic mass is 9.97. The fourth-order valence-corrected chi connectivity index (χ4v) is 4.55. The van der Waals surface area contributed by atoms with E-state index in [1.165, 1.54) is 37.7 Å². The summed E-state index contributed by atoms with van der Waals surface area (Å²) in [6, 6.07) is 7.79. The summed E-state index contributed by atoms with van der Waals surface area (Å²) in [4.78, 5) is 0.827. The van der Waals surface area contributed by atoms with Crippen LogP contribution in [0.15, 0.2) is 29.2 Å². The van der Waals surface area contributed by atoms with Gasteiger partial charge < -0.3 is 5.11 Å². The smallest absolute Gasteiger partial charge is 0.0715 e. The van der Waals surface area contributed by atoms with Gasteiger partial charge in [-0.2, -0.15) is 0 Å². The Balaban J connectivity index is 1.81. The molecule has 0 amide bonds. The maximum absolute atomic E-state index is 12.4. The molecule has 1 aromatic carbocycles. The predicted molar refractivity (Wildman–Crippen MR) is 93.4 cm³/mol. The number of aliphatic hydroxyl groups is 1. The molecule has 22 heavy (non-hydrogen) atoms. The van der Waals surface area contributed by atoms with Gasteiger partial charge in [-0.05, 0) is 43.2 Å². The van der Waals surface area contributed by atoms with E-state index in [-0.39, 0.29) is 5.41 Å². The van der Waals surface area contributed by atoms with Crippen LogP contribution in [0.1, 0.15) is 57.9 Å². The second-order valence-electron chi connectivity index (χ2n) is 7.10. The molecule has 1 saturated carbocycles. The molecule has 0 radical (unpaired) electrons. The number of benzene rings is 1. The third kappa shape index (κ3) is 4.42. The van der Waals surface area contributed by atoms with Crippen LogP contribution in [0.5, 0.6) is 0 Å². The first-order valence-corrected chi connectivity index (χ1v) is 9.92. The van der Waals surface area contributed by atoms with E-state index in [9.17, 15) is 9.32 Å². The molecule has 1 aliphatic carbocycles. The Morgan fingerprint density at radius 3 is 2.59 bits per heavy atom. The first kappa shape index (κ1) is 17.7. The van der Waals surface area contributed by atoms with E-state index < -0.39 is 16.9 Å². The summed E-state index contributed by atoms with van der Waals surface area (Å²) in [7, 11) is -1.10. The Morgan fingerprint density at radius 1 is 1.27 bits per heavy atom. The van der Waals surface area contributed by atoms with Crippen molar-refractivity contribution in [2.45, 2.75) is 70.3 Å². The summed E-state index contributed by atoms with van der Waals surface area (Å²) >= 11 is 0. The molecule has 1 N–H and O–H groups in total. The number of hydrogen-bond acceptors (Lipinski definition) is 2. The van der Waals surface area contributed by atoms with Crippen molar-refractivity contribution in [2.75, 3.05) is 5.75 Å². The number of rotatable bonds is 9. The second-order valence-corrected chi connectivity index (χ2v) is 8.59. The first-order valence-electron chi connectivity index (χ1n) is 8.60. The molecular formula is C19H30O2S. The van der Waals surface area contributed by atoms with Gasteiger partial charge in [-0.25, -0.2) is 0 Å². The lowest BCUT2D eigenvalue weighted by Gasteiger charge is -2.19. The van der Waals surface area contributed by atoms with E-state index in [1.54, 1.807) is 0 Å². The van der Waals surface area contributed by atoms with E-state index in [1.807, 2.05) is 31.2 Å². The zero-order valence-electron chi connectivity index (χ0n) is 14.2. The van der Waals surface area contributed by atoms with Gasteiger partial charge >= 0.3 is 0 Å². The van der Waals surface area contributed by atoms with Crippen molar-refractivity contribution in [2.24, 2.45) is 11.3 Å². The van der Waals surface area contributed by atoms with Crippen LogP contribution in [0.2, 0.25) is 0 Å². The van der Waals surface area contributed by atoms with Gasteiger partial charge in [-0.15, -0.1) is 0 Å². The van der Waals surface area contributed by atoms with Crippen molar-refractivity contribution in [3.8, 4) is 0 Å². The third-order valence-electron chi connectivity index (χ3n) is 5.22. The fraction of sp³-hybridized carbons (Fsp3) is 0.684. The molecule has 0 aliphatic heterocycles.